The summed E-state index contributed by atoms with van der Waals surface area (Å²) in [6.07, 6.45) is 7.12. The number of benzene rings is 3. The molecule has 3 heterocycles. The molecule has 4 heteroatoms. The molecule has 0 amide bonds. The quantitative estimate of drug-likeness (QED) is 0.302. The van der Waals surface area contributed by atoms with Gasteiger partial charge in [-0.05, 0) is 35.9 Å². The third kappa shape index (κ3) is 2.93. The second-order valence-corrected chi connectivity index (χ2v) is 7.66. The fraction of sp³-hybridized carbons (Fsp3) is 0. The highest BCUT2D eigenvalue weighted by Crippen LogP contribution is 2.34. The SMILES string of the molecule is Oc1ccccc1-[n+]1[c-]c(-c2ccc3c4ccccc4n(-c4ccccn4)c3c2)ccc1. The summed E-state index contributed by atoms with van der Waals surface area (Å²) < 4.78 is 4.03. The Kier molecular flexibility index (Phi) is 4.22. The first-order valence-electron chi connectivity index (χ1n) is 10.5. The number of para-hydroxylation sites is 3. The Labute approximate surface area is 185 Å². The van der Waals surface area contributed by atoms with E-state index in [-0.39, 0.29) is 5.75 Å². The fourth-order valence-electron chi connectivity index (χ4n) is 4.27. The number of nitrogens with zero attached hydrogens (tertiary/aromatic N) is 3. The molecule has 0 aliphatic heterocycles. The number of aromatic nitrogens is 3. The van der Waals surface area contributed by atoms with Crippen LogP contribution in [-0.2, 0) is 0 Å². The molecule has 0 aliphatic rings. The largest absolute Gasteiger partial charge is 0.509 e. The van der Waals surface area contributed by atoms with Crippen molar-refractivity contribution in [3.63, 3.8) is 0 Å². The van der Waals surface area contributed by atoms with Gasteiger partial charge < -0.3 is 5.11 Å². The number of pyridine rings is 2. The maximum atomic E-state index is 10.3. The predicted octanol–water partition coefficient (Wildman–Crippen LogP) is 5.63. The van der Waals surface area contributed by atoms with E-state index in [4.69, 9.17) is 0 Å². The predicted molar refractivity (Wildman–Crippen MR) is 126 cm³/mol. The molecule has 3 aromatic carbocycles. The van der Waals surface area contributed by atoms with Crippen molar-refractivity contribution in [2.24, 2.45) is 0 Å². The summed E-state index contributed by atoms with van der Waals surface area (Å²) in [5.41, 5.74) is 4.89. The molecule has 0 atom stereocenters. The number of phenolic OH excluding ortho intramolecular Hbond substituents is 1. The van der Waals surface area contributed by atoms with Crippen LogP contribution >= 0.6 is 0 Å². The second-order valence-electron chi connectivity index (χ2n) is 7.66. The first-order valence-corrected chi connectivity index (χ1v) is 10.5. The van der Waals surface area contributed by atoms with E-state index in [0.717, 1.165) is 28.0 Å². The molecule has 0 radical (unpaired) electrons. The number of hydrogen-bond donors (Lipinski definition) is 1. The summed E-state index contributed by atoms with van der Waals surface area (Å²) in [5.74, 6) is 1.11. The van der Waals surface area contributed by atoms with Gasteiger partial charge in [-0.3, -0.25) is 9.13 Å². The second kappa shape index (κ2) is 7.36. The van der Waals surface area contributed by atoms with Gasteiger partial charge in [0, 0.05) is 22.5 Å². The van der Waals surface area contributed by atoms with E-state index < -0.39 is 0 Å². The average Bonchev–Trinajstić information content (AvgIpc) is 3.19. The van der Waals surface area contributed by atoms with Crippen molar-refractivity contribution >= 4 is 21.8 Å². The van der Waals surface area contributed by atoms with Crippen LogP contribution in [0.15, 0.2) is 109 Å². The smallest absolute Gasteiger partial charge is 0.190 e. The first-order chi connectivity index (χ1) is 15.8. The lowest BCUT2D eigenvalue weighted by molar-refractivity contribution is -0.600. The van der Waals surface area contributed by atoms with Crippen molar-refractivity contribution < 1.29 is 9.67 Å². The molecule has 0 saturated carbocycles. The van der Waals surface area contributed by atoms with Crippen molar-refractivity contribution in [3.8, 4) is 28.4 Å². The van der Waals surface area contributed by atoms with Gasteiger partial charge in [-0.1, -0.05) is 66.2 Å². The van der Waals surface area contributed by atoms with Gasteiger partial charge in [-0.2, -0.15) is 0 Å². The maximum Gasteiger partial charge on any atom is 0.190 e. The fourth-order valence-corrected chi connectivity index (χ4v) is 4.27. The maximum absolute atomic E-state index is 10.3. The van der Waals surface area contributed by atoms with Gasteiger partial charge in [0.2, 0.25) is 0 Å². The lowest BCUT2D eigenvalue weighted by Crippen LogP contribution is -2.30. The lowest BCUT2D eigenvalue weighted by atomic mass is 10.0. The van der Waals surface area contributed by atoms with Crippen LogP contribution in [0.4, 0.5) is 0 Å². The number of phenols is 1. The summed E-state index contributed by atoms with van der Waals surface area (Å²) in [5, 5.41) is 12.6. The third-order valence-electron chi connectivity index (χ3n) is 5.74. The minimum absolute atomic E-state index is 0.219. The molecule has 4 nitrogen and oxygen atoms in total. The molecule has 6 aromatic rings. The van der Waals surface area contributed by atoms with Crippen LogP contribution in [-0.4, -0.2) is 14.7 Å². The molecule has 32 heavy (non-hydrogen) atoms. The van der Waals surface area contributed by atoms with Gasteiger partial charge in [-0.15, -0.1) is 6.07 Å². The molecule has 0 fully saturated rings. The molecule has 0 bridgehead atoms. The minimum atomic E-state index is 0.219. The Bertz CT molecular complexity index is 1590. The van der Waals surface area contributed by atoms with E-state index in [1.807, 2.05) is 65.5 Å². The standard InChI is InChI=1S/C28H19N3O/c32-27-12-4-3-11-25(27)30-17-7-8-21(19-30)20-14-15-23-22-9-1-2-10-24(22)31(26(23)18-20)28-13-5-6-16-29-28/h1-18,32H. The highest BCUT2D eigenvalue weighted by Gasteiger charge is 2.13. The van der Waals surface area contributed by atoms with E-state index >= 15 is 0 Å². The topological polar surface area (TPSA) is 41.9 Å². The molecular weight excluding hydrogens is 394 g/mol. The Balaban J connectivity index is 1.58. The summed E-state index contributed by atoms with van der Waals surface area (Å²) in [6, 6.07) is 32.1. The molecule has 152 valence electrons. The van der Waals surface area contributed by atoms with Gasteiger partial charge in [-0.25, -0.2) is 4.98 Å². The zero-order valence-electron chi connectivity index (χ0n) is 17.2. The number of aromatic hydroxyl groups is 1. The number of fused-ring (bicyclic) bond motifs is 3. The molecule has 3 aromatic heterocycles. The Morgan fingerprint density at radius 2 is 1.56 bits per heavy atom. The average molecular weight is 413 g/mol. The van der Waals surface area contributed by atoms with Crippen molar-refractivity contribution in [3.05, 3.63) is 116 Å². The van der Waals surface area contributed by atoms with Crippen molar-refractivity contribution in [2.45, 2.75) is 0 Å². The molecule has 0 saturated heterocycles. The van der Waals surface area contributed by atoms with Gasteiger partial charge in [0.25, 0.3) is 0 Å². The van der Waals surface area contributed by atoms with Crippen molar-refractivity contribution in [1.29, 1.82) is 0 Å². The van der Waals surface area contributed by atoms with Crippen LogP contribution in [0.2, 0.25) is 0 Å². The molecule has 1 N–H and O–H groups in total. The summed E-state index contributed by atoms with van der Waals surface area (Å²) in [6.45, 7) is 0. The molecule has 0 spiro atoms. The van der Waals surface area contributed by atoms with Crippen LogP contribution in [0.1, 0.15) is 0 Å². The zero-order chi connectivity index (χ0) is 21.5. The highest BCUT2D eigenvalue weighted by molar-refractivity contribution is 6.10. The molecule has 6 rings (SSSR count). The van der Waals surface area contributed by atoms with E-state index in [1.165, 1.54) is 10.8 Å². The number of rotatable bonds is 3. The summed E-state index contributed by atoms with van der Waals surface area (Å²) in [7, 11) is 0. The van der Waals surface area contributed by atoms with Crippen LogP contribution in [0.3, 0.4) is 0 Å². The molecule has 0 aliphatic carbocycles. The monoisotopic (exact) mass is 413 g/mol. The van der Waals surface area contributed by atoms with Crippen LogP contribution in [0.5, 0.6) is 5.75 Å². The van der Waals surface area contributed by atoms with E-state index in [9.17, 15) is 5.11 Å². The van der Waals surface area contributed by atoms with Gasteiger partial charge in [0.15, 0.2) is 17.6 Å². The first kappa shape index (κ1) is 18.3. The van der Waals surface area contributed by atoms with E-state index in [0.29, 0.717) is 5.69 Å². The van der Waals surface area contributed by atoms with Crippen LogP contribution < -0.4 is 4.57 Å². The van der Waals surface area contributed by atoms with E-state index in [1.54, 1.807) is 6.07 Å². The zero-order valence-corrected chi connectivity index (χ0v) is 17.2. The van der Waals surface area contributed by atoms with Crippen LogP contribution in [0, 0.1) is 6.20 Å². The van der Waals surface area contributed by atoms with E-state index in [2.05, 4.69) is 58.2 Å². The normalized spacial score (nSPS) is 11.2. The van der Waals surface area contributed by atoms with Gasteiger partial charge in [0.1, 0.15) is 12.0 Å². The summed E-state index contributed by atoms with van der Waals surface area (Å²) in [4.78, 5) is 4.61. The highest BCUT2D eigenvalue weighted by atomic mass is 16.3. The van der Waals surface area contributed by atoms with Crippen molar-refractivity contribution in [2.75, 3.05) is 0 Å². The summed E-state index contributed by atoms with van der Waals surface area (Å²) >= 11 is 0. The van der Waals surface area contributed by atoms with Gasteiger partial charge >= 0.3 is 0 Å². The Hall–Kier alpha value is -4.44. The van der Waals surface area contributed by atoms with Crippen molar-refractivity contribution in [1.82, 2.24) is 9.55 Å². The third-order valence-corrected chi connectivity index (χ3v) is 5.74. The number of hydrogen-bond acceptors (Lipinski definition) is 2. The Morgan fingerprint density at radius 3 is 2.44 bits per heavy atom. The van der Waals surface area contributed by atoms with Gasteiger partial charge in [0.05, 0.1) is 5.52 Å². The minimum Gasteiger partial charge on any atom is -0.509 e. The Morgan fingerprint density at radius 1 is 0.750 bits per heavy atom. The molecule has 0 unspecified atom stereocenters. The molecular formula is C28H19N3O. The van der Waals surface area contributed by atoms with Crippen LogP contribution in [0.25, 0.3) is 44.4 Å². The lowest BCUT2D eigenvalue weighted by Gasteiger charge is -2.10.